The van der Waals surface area contributed by atoms with Gasteiger partial charge in [-0.25, -0.2) is 0 Å². The van der Waals surface area contributed by atoms with Crippen LogP contribution in [-0.4, -0.2) is 36.3 Å². The van der Waals surface area contributed by atoms with Gasteiger partial charge in [0.15, 0.2) is 0 Å². The first-order chi connectivity index (χ1) is 16.4. The quantitative estimate of drug-likeness (QED) is 0.547. The molecule has 0 radical (unpaired) electrons. The van der Waals surface area contributed by atoms with Crippen molar-refractivity contribution in [2.75, 3.05) is 24.3 Å². The van der Waals surface area contributed by atoms with Crippen LogP contribution in [0.4, 0.5) is 11.4 Å². The number of carbonyl (C=O) groups is 3. The van der Waals surface area contributed by atoms with E-state index in [-0.39, 0.29) is 30.2 Å². The normalized spacial score (nSPS) is 16.1. The molecule has 34 heavy (non-hydrogen) atoms. The van der Waals surface area contributed by atoms with Crippen molar-refractivity contribution in [2.24, 2.45) is 5.92 Å². The third-order valence-electron chi connectivity index (χ3n) is 6.04. The fourth-order valence-corrected chi connectivity index (χ4v) is 4.02. The summed E-state index contributed by atoms with van der Waals surface area (Å²) in [5.41, 5.74) is 2.74. The van der Waals surface area contributed by atoms with E-state index in [1.54, 1.807) is 60.5 Å². The molecule has 1 saturated heterocycles. The van der Waals surface area contributed by atoms with E-state index in [9.17, 15) is 14.4 Å². The van der Waals surface area contributed by atoms with Crippen molar-refractivity contribution in [3.8, 4) is 5.75 Å². The second-order valence-electron chi connectivity index (χ2n) is 8.28. The molecule has 1 fully saturated rings. The maximum atomic E-state index is 12.8. The van der Waals surface area contributed by atoms with Crippen LogP contribution in [0.2, 0.25) is 0 Å². The highest BCUT2D eigenvalue weighted by molar-refractivity contribution is 6.05. The third-order valence-corrected chi connectivity index (χ3v) is 6.04. The molecule has 0 spiro atoms. The molecule has 2 atom stereocenters. The van der Waals surface area contributed by atoms with Crippen LogP contribution in [0.15, 0.2) is 78.9 Å². The van der Waals surface area contributed by atoms with Crippen molar-refractivity contribution in [2.45, 2.75) is 19.4 Å². The van der Waals surface area contributed by atoms with Crippen molar-refractivity contribution >= 4 is 29.1 Å². The molecule has 1 aliphatic heterocycles. The lowest BCUT2D eigenvalue weighted by molar-refractivity contribution is -0.129. The van der Waals surface area contributed by atoms with Gasteiger partial charge in [-0.1, -0.05) is 30.3 Å². The number of ether oxygens (including phenoxy) is 1. The van der Waals surface area contributed by atoms with Crippen molar-refractivity contribution < 1.29 is 19.1 Å². The van der Waals surface area contributed by atoms with E-state index in [4.69, 9.17) is 4.74 Å². The van der Waals surface area contributed by atoms with Gasteiger partial charge in [0, 0.05) is 29.9 Å². The Morgan fingerprint density at radius 1 is 0.912 bits per heavy atom. The number of amides is 3. The molecule has 2 N–H and O–H groups in total. The van der Waals surface area contributed by atoms with Gasteiger partial charge in [0.2, 0.25) is 11.8 Å². The number of nitrogens with one attached hydrogen (secondary N) is 2. The molecule has 1 heterocycles. The van der Waals surface area contributed by atoms with E-state index in [1.165, 1.54) is 0 Å². The van der Waals surface area contributed by atoms with Gasteiger partial charge in [-0.2, -0.15) is 0 Å². The number of rotatable bonds is 7. The smallest absolute Gasteiger partial charge is 0.255 e. The summed E-state index contributed by atoms with van der Waals surface area (Å²) < 4.78 is 5.12. The van der Waals surface area contributed by atoms with E-state index < -0.39 is 5.92 Å². The molecule has 3 aromatic carbocycles. The average molecular weight is 458 g/mol. The molecule has 0 aliphatic carbocycles. The van der Waals surface area contributed by atoms with Gasteiger partial charge in [-0.3, -0.25) is 14.4 Å². The zero-order chi connectivity index (χ0) is 24.1. The molecular weight excluding hydrogens is 430 g/mol. The van der Waals surface area contributed by atoms with E-state index in [1.807, 2.05) is 37.3 Å². The maximum absolute atomic E-state index is 12.8. The van der Waals surface area contributed by atoms with Crippen LogP contribution in [-0.2, 0) is 9.59 Å². The summed E-state index contributed by atoms with van der Waals surface area (Å²) in [5, 5.41) is 5.69. The monoisotopic (exact) mass is 457 g/mol. The molecule has 4 rings (SSSR count). The first kappa shape index (κ1) is 23.0. The maximum Gasteiger partial charge on any atom is 0.255 e. The van der Waals surface area contributed by atoms with Gasteiger partial charge in [-0.15, -0.1) is 0 Å². The van der Waals surface area contributed by atoms with Gasteiger partial charge >= 0.3 is 0 Å². The van der Waals surface area contributed by atoms with Gasteiger partial charge in [0.05, 0.1) is 19.1 Å². The fraction of sp³-hybridized carbons (Fsp3) is 0.222. The number of carbonyl (C=O) groups excluding carboxylic acids is 3. The Morgan fingerprint density at radius 2 is 1.53 bits per heavy atom. The SMILES string of the molecule is COc1ccc(NC(=O)c2ccc(NC(=O)[C@H]3CC(=O)N([C@@H](C)c4ccccc4)C3)cc2)cc1. The number of likely N-dealkylation sites (tertiary alicyclic amines) is 1. The summed E-state index contributed by atoms with van der Waals surface area (Å²) in [7, 11) is 1.58. The minimum atomic E-state index is -0.420. The standard InChI is InChI=1S/C27H27N3O4/c1-18(19-6-4-3-5-7-19)30-17-21(16-25(30)31)27(33)29-22-10-8-20(9-11-22)26(32)28-23-12-14-24(34-2)15-13-23/h3-15,18,21H,16-17H2,1-2H3,(H,28,32)(H,29,33)/t18-,21-/m0/s1. The molecular formula is C27H27N3O4. The molecule has 0 unspecified atom stereocenters. The highest BCUT2D eigenvalue weighted by Gasteiger charge is 2.37. The van der Waals surface area contributed by atoms with Crippen LogP contribution >= 0.6 is 0 Å². The predicted molar refractivity (Wildman–Crippen MR) is 131 cm³/mol. The molecule has 0 saturated carbocycles. The van der Waals surface area contributed by atoms with Crippen molar-refractivity contribution in [3.05, 3.63) is 90.0 Å². The number of methoxy groups -OCH3 is 1. The van der Waals surface area contributed by atoms with E-state index >= 15 is 0 Å². The van der Waals surface area contributed by atoms with Crippen LogP contribution in [0.3, 0.4) is 0 Å². The van der Waals surface area contributed by atoms with Crippen LogP contribution in [0.1, 0.15) is 35.3 Å². The molecule has 7 heteroatoms. The average Bonchev–Trinajstić information content (AvgIpc) is 3.26. The zero-order valence-corrected chi connectivity index (χ0v) is 19.2. The minimum Gasteiger partial charge on any atom is -0.497 e. The second-order valence-corrected chi connectivity index (χ2v) is 8.28. The predicted octanol–water partition coefficient (Wildman–Crippen LogP) is 4.50. The lowest BCUT2D eigenvalue weighted by Gasteiger charge is -2.25. The lowest BCUT2D eigenvalue weighted by Crippen LogP contribution is -2.30. The lowest BCUT2D eigenvalue weighted by atomic mass is 10.1. The molecule has 0 bridgehead atoms. The van der Waals surface area contributed by atoms with E-state index in [0.717, 1.165) is 5.56 Å². The van der Waals surface area contributed by atoms with Crippen LogP contribution in [0.5, 0.6) is 5.75 Å². The number of hydrogen-bond donors (Lipinski definition) is 2. The molecule has 174 valence electrons. The number of benzene rings is 3. The zero-order valence-electron chi connectivity index (χ0n) is 19.2. The van der Waals surface area contributed by atoms with E-state index in [2.05, 4.69) is 10.6 Å². The molecule has 3 aromatic rings. The number of anilines is 2. The van der Waals surface area contributed by atoms with Crippen LogP contribution < -0.4 is 15.4 Å². The minimum absolute atomic E-state index is 0.0259. The Balaban J connectivity index is 1.33. The fourth-order valence-electron chi connectivity index (χ4n) is 4.02. The van der Waals surface area contributed by atoms with Gasteiger partial charge < -0.3 is 20.3 Å². The molecule has 7 nitrogen and oxygen atoms in total. The molecule has 1 aliphatic rings. The van der Waals surface area contributed by atoms with Gasteiger partial charge in [0.25, 0.3) is 5.91 Å². The van der Waals surface area contributed by atoms with E-state index in [0.29, 0.717) is 29.2 Å². The Labute approximate surface area is 198 Å². The second kappa shape index (κ2) is 10.2. The van der Waals surface area contributed by atoms with Crippen molar-refractivity contribution in [1.82, 2.24) is 4.90 Å². The first-order valence-electron chi connectivity index (χ1n) is 11.2. The van der Waals surface area contributed by atoms with Crippen molar-refractivity contribution in [1.29, 1.82) is 0 Å². The summed E-state index contributed by atoms with van der Waals surface area (Å²) in [5.74, 6) is -0.194. The summed E-state index contributed by atoms with van der Waals surface area (Å²) in [6.07, 6.45) is 0.186. The summed E-state index contributed by atoms with van der Waals surface area (Å²) in [4.78, 5) is 39.6. The van der Waals surface area contributed by atoms with Gasteiger partial charge in [0.1, 0.15) is 5.75 Å². The summed E-state index contributed by atoms with van der Waals surface area (Å²) in [6, 6.07) is 23.4. The summed E-state index contributed by atoms with van der Waals surface area (Å²) in [6.45, 7) is 2.35. The van der Waals surface area contributed by atoms with Crippen molar-refractivity contribution in [3.63, 3.8) is 0 Å². The summed E-state index contributed by atoms with van der Waals surface area (Å²) >= 11 is 0. The largest absolute Gasteiger partial charge is 0.497 e. The Hall–Kier alpha value is -4.13. The van der Waals surface area contributed by atoms with Gasteiger partial charge in [-0.05, 0) is 61.0 Å². The molecule has 3 amide bonds. The topological polar surface area (TPSA) is 87.7 Å². The number of nitrogens with zero attached hydrogens (tertiary/aromatic N) is 1. The highest BCUT2D eigenvalue weighted by atomic mass is 16.5. The Bertz CT molecular complexity index is 1160. The highest BCUT2D eigenvalue weighted by Crippen LogP contribution is 2.29. The Kier molecular flexibility index (Phi) is 6.92. The third kappa shape index (κ3) is 5.26. The van der Waals surface area contributed by atoms with Crippen LogP contribution in [0, 0.1) is 5.92 Å². The van der Waals surface area contributed by atoms with Crippen LogP contribution in [0.25, 0.3) is 0 Å². The first-order valence-corrected chi connectivity index (χ1v) is 11.2. The number of hydrogen-bond acceptors (Lipinski definition) is 4. The molecule has 0 aromatic heterocycles. The Morgan fingerprint density at radius 3 is 2.18 bits per heavy atom.